The Hall–Kier alpha value is -2.08. The molecule has 1 rings (SSSR count). The zero-order valence-electron chi connectivity index (χ0n) is 9.83. The van der Waals surface area contributed by atoms with E-state index in [1.807, 2.05) is 30.3 Å². The first kappa shape index (κ1) is 14.0. The number of benzene rings is 1. The molecule has 0 spiro atoms. The Labute approximate surface area is 105 Å². The number of carboxylic acids is 1. The van der Waals surface area contributed by atoms with Crippen molar-refractivity contribution in [1.29, 1.82) is 0 Å². The molecule has 0 fully saturated rings. The van der Waals surface area contributed by atoms with Crippen molar-refractivity contribution in [3.63, 3.8) is 0 Å². The van der Waals surface area contributed by atoms with Crippen LogP contribution >= 0.6 is 0 Å². The SMILES string of the molecule is NCC(CC(=O)O)NC(=O)OCc1ccccc1. The number of rotatable bonds is 6. The van der Waals surface area contributed by atoms with Crippen LogP contribution in [0.5, 0.6) is 0 Å². The van der Waals surface area contributed by atoms with Gasteiger partial charge in [-0.25, -0.2) is 4.79 Å². The van der Waals surface area contributed by atoms with Gasteiger partial charge >= 0.3 is 12.1 Å². The molecule has 1 amide bonds. The minimum atomic E-state index is -1.02. The van der Waals surface area contributed by atoms with E-state index in [1.165, 1.54) is 0 Å². The summed E-state index contributed by atoms with van der Waals surface area (Å²) in [7, 11) is 0. The van der Waals surface area contributed by atoms with Gasteiger partial charge in [0.2, 0.25) is 0 Å². The Bertz CT molecular complexity index is 394. The van der Waals surface area contributed by atoms with Crippen LogP contribution in [0.2, 0.25) is 0 Å². The number of carboxylic acid groups (broad SMARTS) is 1. The zero-order valence-corrected chi connectivity index (χ0v) is 9.83. The smallest absolute Gasteiger partial charge is 0.407 e. The van der Waals surface area contributed by atoms with Crippen molar-refractivity contribution in [3.05, 3.63) is 35.9 Å². The maximum atomic E-state index is 11.4. The predicted octanol–water partition coefficient (Wildman–Crippen LogP) is 0.715. The molecule has 0 aliphatic rings. The lowest BCUT2D eigenvalue weighted by molar-refractivity contribution is -0.137. The van der Waals surface area contributed by atoms with E-state index in [2.05, 4.69) is 5.32 Å². The largest absolute Gasteiger partial charge is 0.481 e. The molecule has 1 unspecified atom stereocenters. The average Bonchev–Trinajstić information content (AvgIpc) is 2.36. The minimum Gasteiger partial charge on any atom is -0.481 e. The molecule has 98 valence electrons. The maximum Gasteiger partial charge on any atom is 0.407 e. The highest BCUT2D eigenvalue weighted by atomic mass is 16.5. The molecule has 0 aromatic heterocycles. The summed E-state index contributed by atoms with van der Waals surface area (Å²) in [6, 6.07) is 8.57. The second-order valence-electron chi connectivity index (χ2n) is 3.74. The Kier molecular flexibility index (Phi) is 5.66. The van der Waals surface area contributed by atoms with Crippen molar-refractivity contribution < 1.29 is 19.4 Å². The molecule has 1 atom stereocenters. The summed E-state index contributed by atoms with van der Waals surface area (Å²) in [5.74, 6) is -1.02. The summed E-state index contributed by atoms with van der Waals surface area (Å²) < 4.78 is 4.94. The van der Waals surface area contributed by atoms with E-state index in [9.17, 15) is 9.59 Å². The van der Waals surface area contributed by atoms with E-state index in [-0.39, 0.29) is 19.6 Å². The van der Waals surface area contributed by atoms with Crippen LogP contribution in [-0.2, 0) is 16.1 Å². The summed E-state index contributed by atoms with van der Waals surface area (Å²) in [6.07, 6.45) is -0.896. The predicted molar refractivity (Wildman–Crippen MR) is 64.9 cm³/mol. The van der Waals surface area contributed by atoms with Gasteiger partial charge in [-0.3, -0.25) is 4.79 Å². The van der Waals surface area contributed by atoms with Crippen molar-refractivity contribution in [2.24, 2.45) is 5.73 Å². The van der Waals surface area contributed by atoms with Crippen LogP contribution in [0, 0.1) is 0 Å². The molecule has 0 saturated heterocycles. The standard InChI is InChI=1S/C12H16N2O4/c13-7-10(6-11(15)16)14-12(17)18-8-9-4-2-1-3-5-9/h1-5,10H,6-8,13H2,(H,14,17)(H,15,16). The van der Waals surface area contributed by atoms with Gasteiger partial charge in [0.1, 0.15) is 6.61 Å². The van der Waals surface area contributed by atoms with Gasteiger partial charge in [-0.2, -0.15) is 0 Å². The van der Waals surface area contributed by atoms with Crippen molar-refractivity contribution >= 4 is 12.1 Å². The zero-order chi connectivity index (χ0) is 13.4. The van der Waals surface area contributed by atoms with Crippen LogP contribution in [-0.4, -0.2) is 29.8 Å². The third-order valence-corrected chi connectivity index (χ3v) is 2.24. The normalized spacial score (nSPS) is 11.6. The molecule has 1 aromatic carbocycles. The van der Waals surface area contributed by atoms with E-state index in [0.717, 1.165) is 5.56 Å². The van der Waals surface area contributed by atoms with Crippen LogP contribution in [0.4, 0.5) is 4.79 Å². The number of hydrogen-bond donors (Lipinski definition) is 3. The molecular formula is C12H16N2O4. The van der Waals surface area contributed by atoms with E-state index >= 15 is 0 Å². The second kappa shape index (κ2) is 7.29. The fourth-order valence-corrected chi connectivity index (χ4v) is 1.34. The van der Waals surface area contributed by atoms with Gasteiger partial charge in [0.05, 0.1) is 12.5 Å². The third-order valence-electron chi connectivity index (χ3n) is 2.24. The number of amides is 1. The summed E-state index contributed by atoms with van der Waals surface area (Å²) in [4.78, 5) is 21.9. The number of nitrogens with two attached hydrogens (primary N) is 1. The van der Waals surface area contributed by atoms with Gasteiger partial charge in [-0.15, -0.1) is 0 Å². The molecule has 6 heteroatoms. The molecule has 0 bridgehead atoms. The number of alkyl carbamates (subject to hydrolysis) is 1. The Balaban J connectivity index is 2.34. The fraction of sp³-hybridized carbons (Fsp3) is 0.333. The lowest BCUT2D eigenvalue weighted by Crippen LogP contribution is -2.41. The minimum absolute atomic E-state index is 0.0484. The van der Waals surface area contributed by atoms with Gasteiger partial charge in [0.15, 0.2) is 0 Å². The molecule has 0 radical (unpaired) electrons. The third kappa shape index (κ3) is 5.31. The summed E-state index contributed by atoms with van der Waals surface area (Å²) in [6.45, 7) is 0.184. The topological polar surface area (TPSA) is 102 Å². The van der Waals surface area contributed by atoms with Gasteiger partial charge < -0.3 is 20.9 Å². The Morgan fingerprint density at radius 3 is 2.56 bits per heavy atom. The van der Waals surface area contributed by atoms with Crippen LogP contribution in [0.1, 0.15) is 12.0 Å². The highest BCUT2D eigenvalue weighted by Gasteiger charge is 2.14. The molecule has 18 heavy (non-hydrogen) atoms. The summed E-state index contributed by atoms with van der Waals surface area (Å²) in [5.41, 5.74) is 6.20. The van der Waals surface area contributed by atoms with Crippen LogP contribution in [0.3, 0.4) is 0 Å². The summed E-state index contributed by atoms with van der Waals surface area (Å²) >= 11 is 0. The number of hydrogen-bond acceptors (Lipinski definition) is 4. The van der Waals surface area contributed by atoms with Gasteiger partial charge in [-0.05, 0) is 5.56 Å². The lowest BCUT2D eigenvalue weighted by Gasteiger charge is -2.14. The Morgan fingerprint density at radius 2 is 2.00 bits per heavy atom. The fourth-order valence-electron chi connectivity index (χ4n) is 1.34. The van der Waals surface area contributed by atoms with Crippen LogP contribution < -0.4 is 11.1 Å². The number of carbonyl (C=O) groups excluding carboxylic acids is 1. The van der Waals surface area contributed by atoms with Crippen LogP contribution in [0.25, 0.3) is 0 Å². The average molecular weight is 252 g/mol. The number of ether oxygens (including phenoxy) is 1. The number of carbonyl (C=O) groups is 2. The molecule has 0 aliphatic carbocycles. The lowest BCUT2D eigenvalue weighted by atomic mass is 10.2. The molecule has 4 N–H and O–H groups in total. The van der Waals surface area contributed by atoms with Crippen molar-refractivity contribution in [2.75, 3.05) is 6.54 Å². The van der Waals surface area contributed by atoms with E-state index in [4.69, 9.17) is 15.6 Å². The highest BCUT2D eigenvalue weighted by Crippen LogP contribution is 2.01. The first-order valence-electron chi connectivity index (χ1n) is 5.51. The highest BCUT2D eigenvalue weighted by molar-refractivity contribution is 5.71. The van der Waals surface area contributed by atoms with Crippen LogP contribution in [0.15, 0.2) is 30.3 Å². The van der Waals surface area contributed by atoms with Crippen molar-refractivity contribution in [2.45, 2.75) is 19.1 Å². The summed E-state index contributed by atoms with van der Waals surface area (Å²) in [5, 5.41) is 11.0. The molecule has 0 aliphatic heterocycles. The quantitative estimate of drug-likeness (QED) is 0.692. The van der Waals surface area contributed by atoms with Crippen molar-refractivity contribution in [3.8, 4) is 0 Å². The van der Waals surface area contributed by atoms with E-state index in [1.54, 1.807) is 0 Å². The van der Waals surface area contributed by atoms with Gasteiger partial charge in [0, 0.05) is 6.54 Å². The van der Waals surface area contributed by atoms with E-state index < -0.39 is 18.1 Å². The first-order valence-corrected chi connectivity index (χ1v) is 5.51. The first-order chi connectivity index (χ1) is 8.61. The van der Waals surface area contributed by atoms with Gasteiger partial charge in [-0.1, -0.05) is 30.3 Å². The molecule has 1 aromatic rings. The maximum absolute atomic E-state index is 11.4. The van der Waals surface area contributed by atoms with Gasteiger partial charge in [0.25, 0.3) is 0 Å². The molecule has 6 nitrogen and oxygen atoms in total. The Morgan fingerprint density at radius 1 is 1.33 bits per heavy atom. The second-order valence-corrected chi connectivity index (χ2v) is 3.74. The van der Waals surface area contributed by atoms with E-state index in [0.29, 0.717) is 0 Å². The molecular weight excluding hydrogens is 236 g/mol. The number of aliphatic carboxylic acids is 1. The van der Waals surface area contributed by atoms with Crippen molar-refractivity contribution in [1.82, 2.24) is 5.32 Å². The molecule has 0 heterocycles. The molecule has 0 saturated carbocycles. The number of nitrogens with one attached hydrogen (secondary N) is 1. The monoisotopic (exact) mass is 252 g/mol.